The number of likely N-dealkylation sites (tertiary alicyclic amines) is 1. The number of nitrogens with zero attached hydrogens (tertiary/aromatic N) is 1. The van der Waals surface area contributed by atoms with Crippen LogP contribution in [0.1, 0.15) is 41.6 Å². The molecule has 5 nitrogen and oxygen atoms in total. The zero-order chi connectivity index (χ0) is 21.3. The first kappa shape index (κ1) is 22.0. The summed E-state index contributed by atoms with van der Waals surface area (Å²) in [6.45, 7) is 1.63. The number of nitrogens with one attached hydrogen (secondary N) is 2. The Morgan fingerprint density at radius 2 is 1.63 bits per heavy atom. The minimum atomic E-state index is -0.361. The summed E-state index contributed by atoms with van der Waals surface area (Å²) in [6.07, 6.45) is 7.49. The molecular formula is C23H24ClN3O2S. The Morgan fingerprint density at radius 3 is 2.30 bits per heavy atom. The smallest absolute Gasteiger partial charge is 0.253 e. The van der Waals surface area contributed by atoms with Crippen molar-refractivity contribution in [2.75, 3.05) is 18.4 Å². The number of amides is 2. The van der Waals surface area contributed by atoms with Gasteiger partial charge in [-0.1, -0.05) is 42.6 Å². The third kappa shape index (κ3) is 6.40. The van der Waals surface area contributed by atoms with E-state index in [1.165, 1.54) is 18.9 Å². The van der Waals surface area contributed by atoms with Crippen LogP contribution in [-0.4, -0.2) is 34.9 Å². The van der Waals surface area contributed by atoms with Crippen LogP contribution in [0.15, 0.2) is 54.6 Å². The molecular weight excluding hydrogens is 418 g/mol. The van der Waals surface area contributed by atoms with Crippen LogP contribution < -0.4 is 10.6 Å². The Morgan fingerprint density at radius 1 is 0.967 bits per heavy atom. The SMILES string of the molecule is O=C(/C=C/c1ccccc1Cl)NC(=S)Nc1ccc(C(=O)N2CCCCCC2)cc1. The highest BCUT2D eigenvalue weighted by molar-refractivity contribution is 7.80. The van der Waals surface area contributed by atoms with Gasteiger partial charge in [0, 0.05) is 35.4 Å². The molecule has 2 aromatic carbocycles. The zero-order valence-electron chi connectivity index (χ0n) is 16.6. The number of benzene rings is 2. The van der Waals surface area contributed by atoms with Crippen LogP contribution in [0.5, 0.6) is 0 Å². The van der Waals surface area contributed by atoms with Crippen molar-refractivity contribution >= 4 is 52.5 Å². The van der Waals surface area contributed by atoms with Gasteiger partial charge in [0.2, 0.25) is 5.91 Å². The van der Waals surface area contributed by atoms with E-state index in [4.69, 9.17) is 23.8 Å². The summed E-state index contributed by atoms with van der Waals surface area (Å²) < 4.78 is 0. The van der Waals surface area contributed by atoms with E-state index < -0.39 is 0 Å². The van der Waals surface area contributed by atoms with Crippen LogP contribution in [0, 0.1) is 0 Å². The summed E-state index contributed by atoms with van der Waals surface area (Å²) in [7, 11) is 0. The number of carbonyl (C=O) groups is 2. The Labute approximate surface area is 187 Å². The zero-order valence-corrected chi connectivity index (χ0v) is 18.1. The minimum Gasteiger partial charge on any atom is -0.339 e. The molecule has 0 radical (unpaired) electrons. The number of anilines is 1. The van der Waals surface area contributed by atoms with Gasteiger partial charge in [0.25, 0.3) is 5.91 Å². The normalized spacial score (nSPS) is 14.2. The maximum Gasteiger partial charge on any atom is 0.253 e. The molecule has 1 heterocycles. The molecule has 1 aliphatic rings. The highest BCUT2D eigenvalue weighted by Crippen LogP contribution is 2.17. The molecule has 1 aliphatic heterocycles. The van der Waals surface area contributed by atoms with E-state index in [0.717, 1.165) is 31.5 Å². The Balaban J connectivity index is 1.52. The van der Waals surface area contributed by atoms with Crippen LogP contribution in [0.4, 0.5) is 5.69 Å². The van der Waals surface area contributed by atoms with Gasteiger partial charge in [-0.3, -0.25) is 14.9 Å². The molecule has 0 unspecified atom stereocenters. The average molecular weight is 442 g/mol. The van der Waals surface area contributed by atoms with Crippen molar-refractivity contribution in [3.63, 3.8) is 0 Å². The van der Waals surface area contributed by atoms with Gasteiger partial charge in [-0.15, -0.1) is 0 Å². The standard InChI is InChI=1S/C23H24ClN3O2S/c24-20-8-4-3-7-17(20)11-14-21(28)26-23(30)25-19-12-9-18(10-13-19)22(29)27-15-5-1-2-6-16-27/h3-4,7-14H,1-2,5-6,15-16H2,(H2,25,26,28,30)/b14-11+. The fraction of sp³-hybridized carbons (Fsp3) is 0.261. The molecule has 1 fully saturated rings. The molecule has 0 bridgehead atoms. The predicted octanol–water partition coefficient (Wildman–Crippen LogP) is 4.88. The summed E-state index contributed by atoms with van der Waals surface area (Å²) in [5, 5.41) is 6.29. The summed E-state index contributed by atoms with van der Waals surface area (Å²) in [6, 6.07) is 14.4. The largest absolute Gasteiger partial charge is 0.339 e. The van der Waals surface area contributed by atoms with E-state index in [-0.39, 0.29) is 16.9 Å². The van der Waals surface area contributed by atoms with Crippen LogP contribution in [0.3, 0.4) is 0 Å². The van der Waals surface area contributed by atoms with Gasteiger partial charge in [-0.25, -0.2) is 0 Å². The second-order valence-corrected chi connectivity index (χ2v) is 7.90. The van der Waals surface area contributed by atoms with E-state index in [1.807, 2.05) is 23.1 Å². The van der Waals surface area contributed by atoms with Crippen molar-refractivity contribution in [3.05, 3.63) is 70.8 Å². The van der Waals surface area contributed by atoms with Gasteiger partial charge in [-0.05, 0) is 67.0 Å². The van der Waals surface area contributed by atoms with Gasteiger partial charge in [0.1, 0.15) is 0 Å². The van der Waals surface area contributed by atoms with Crippen molar-refractivity contribution in [2.45, 2.75) is 25.7 Å². The molecule has 2 aromatic rings. The van der Waals surface area contributed by atoms with Gasteiger partial charge < -0.3 is 10.2 Å². The fourth-order valence-corrected chi connectivity index (χ4v) is 3.66. The molecule has 2 amide bonds. The maximum atomic E-state index is 12.7. The van der Waals surface area contributed by atoms with Gasteiger partial charge in [0.15, 0.2) is 5.11 Å². The lowest BCUT2D eigenvalue weighted by atomic mass is 10.1. The average Bonchev–Trinajstić information content (AvgIpc) is 3.03. The minimum absolute atomic E-state index is 0.0593. The number of carbonyl (C=O) groups excluding carboxylic acids is 2. The second-order valence-electron chi connectivity index (χ2n) is 7.08. The van der Waals surface area contributed by atoms with Crippen molar-refractivity contribution in [2.24, 2.45) is 0 Å². The van der Waals surface area contributed by atoms with Crippen molar-refractivity contribution < 1.29 is 9.59 Å². The maximum absolute atomic E-state index is 12.7. The van der Waals surface area contributed by atoms with E-state index >= 15 is 0 Å². The van der Waals surface area contributed by atoms with Crippen molar-refractivity contribution in [3.8, 4) is 0 Å². The molecule has 3 rings (SSSR count). The molecule has 0 aromatic heterocycles. The number of thiocarbonyl (C=S) groups is 1. The second kappa shape index (κ2) is 10.9. The lowest BCUT2D eigenvalue weighted by Crippen LogP contribution is -2.33. The Hall–Kier alpha value is -2.70. The highest BCUT2D eigenvalue weighted by Gasteiger charge is 2.17. The number of hydrogen-bond donors (Lipinski definition) is 2. The third-order valence-electron chi connectivity index (χ3n) is 4.84. The van der Waals surface area contributed by atoms with Crippen LogP contribution >= 0.6 is 23.8 Å². The molecule has 0 aliphatic carbocycles. The first-order valence-electron chi connectivity index (χ1n) is 9.97. The van der Waals surface area contributed by atoms with E-state index in [9.17, 15) is 9.59 Å². The topological polar surface area (TPSA) is 61.4 Å². The molecule has 0 atom stereocenters. The number of hydrogen-bond acceptors (Lipinski definition) is 3. The Bertz CT molecular complexity index is 936. The molecule has 0 saturated carbocycles. The van der Waals surface area contributed by atoms with E-state index in [1.54, 1.807) is 36.4 Å². The predicted molar refractivity (Wildman–Crippen MR) is 126 cm³/mol. The first-order chi connectivity index (χ1) is 14.5. The number of halogens is 1. The fourth-order valence-electron chi connectivity index (χ4n) is 3.24. The van der Waals surface area contributed by atoms with Crippen LogP contribution in [0.2, 0.25) is 5.02 Å². The van der Waals surface area contributed by atoms with Gasteiger partial charge >= 0.3 is 0 Å². The molecule has 7 heteroatoms. The van der Waals surface area contributed by atoms with Crippen molar-refractivity contribution in [1.29, 1.82) is 0 Å². The van der Waals surface area contributed by atoms with Crippen molar-refractivity contribution in [1.82, 2.24) is 10.2 Å². The molecule has 30 heavy (non-hydrogen) atoms. The van der Waals surface area contributed by atoms with Gasteiger partial charge in [-0.2, -0.15) is 0 Å². The summed E-state index contributed by atoms with van der Waals surface area (Å²) >= 11 is 11.3. The molecule has 2 N–H and O–H groups in total. The lowest BCUT2D eigenvalue weighted by molar-refractivity contribution is -0.115. The molecule has 0 spiro atoms. The quantitative estimate of drug-likeness (QED) is 0.524. The summed E-state index contributed by atoms with van der Waals surface area (Å²) in [5.41, 5.74) is 2.10. The third-order valence-corrected chi connectivity index (χ3v) is 5.39. The van der Waals surface area contributed by atoms with Crippen LogP contribution in [-0.2, 0) is 4.79 Å². The molecule has 1 saturated heterocycles. The summed E-state index contributed by atoms with van der Waals surface area (Å²) in [5.74, 6) is -0.301. The van der Waals surface area contributed by atoms with Gasteiger partial charge in [0.05, 0.1) is 0 Å². The Kier molecular flexibility index (Phi) is 7.99. The highest BCUT2D eigenvalue weighted by atomic mass is 35.5. The lowest BCUT2D eigenvalue weighted by Gasteiger charge is -2.20. The number of rotatable bonds is 4. The summed E-state index contributed by atoms with van der Waals surface area (Å²) in [4.78, 5) is 26.6. The first-order valence-corrected chi connectivity index (χ1v) is 10.8. The van der Waals surface area contributed by atoms with E-state index in [2.05, 4.69) is 10.6 Å². The van der Waals surface area contributed by atoms with E-state index in [0.29, 0.717) is 16.3 Å². The monoisotopic (exact) mass is 441 g/mol. The van der Waals surface area contributed by atoms with Crippen LogP contribution in [0.25, 0.3) is 6.08 Å². The molecule has 156 valence electrons.